The molecule has 0 fully saturated rings. The minimum absolute atomic E-state index is 0.102. The number of esters is 1. The van der Waals surface area contributed by atoms with Crippen LogP contribution < -0.4 is 5.73 Å². The zero-order valence-corrected chi connectivity index (χ0v) is 11.5. The number of nitrogen functional groups attached to an aromatic ring is 1. The maximum absolute atomic E-state index is 11.9. The highest BCUT2D eigenvalue weighted by Gasteiger charge is 2.16. The summed E-state index contributed by atoms with van der Waals surface area (Å²) in [6, 6.07) is 10.4. The van der Waals surface area contributed by atoms with Gasteiger partial charge in [0.15, 0.2) is 0 Å². The minimum atomic E-state index is -0.665. The Morgan fingerprint density at radius 2 is 2.00 bits per heavy atom. The van der Waals surface area contributed by atoms with Crippen LogP contribution in [0.5, 0.6) is 0 Å². The zero-order valence-electron chi connectivity index (χ0n) is 10.8. The Labute approximate surface area is 125 Å². The molecule has 21 heavy (non-hydrogen) atoms. The number of carbonyl (C=O) groups is 1. The highest BCUT2D eigenvalue weighted by Crippen LogP contribution is 2.21. The smallest absolute Gasteiger partial charge is 0.340 e. The van der Waals surface area contributed by atoms with E-state index in [1.807, 2.05) is 0 Å². The summed E-state index contributed by atoms with van der Waals surface area (Å²) in [5, 5.41) is 11.3. The SMILES string of the molecule is Nc1cc(Cl)ccc1C(=O)OCc1ccccc1[N+](=O)[O-]. The third kappa shape index (κ3) is 3.49. The van der Waals surface area contributed by atoms with Crippen LogP contribution in [0.15, 0.2) is 42.5 Å². The molecular weight excluding hydrogens is 296 g/mol. The minimum Gasteiger partial charge on any atom is -0.457 e. The monoisotopic (exact) mass is 306 g/mol. The molecule has 0 aliphatic carbocycles. The average Bonchev–Trinajstić information content (AvgIpc) is 2.45. The molecule has 0 spiro atoms. The molecule has 0 radical (unpaired) electrons. The lowest BCUT2D eigenvalue weighted by molar-refractivity contribution is -0.385. The molecule has 108 valence electrons. The summed E-state index contributed by atoms with van der Waals surface area (Å²) >= 11 is 5.74. The van der Waals surface area contributed by atoms with Crippen molar-refractivity contribution in [2.24, 2.45) is 0 Å². The number of benzene rings is 2. The number of nitrogens with zero attached hydrogens (tertiary/aromatic N) is 1. The normalized spacial score (nSPS) is 10.1. The Balaban J connectivity index is 2.13. The fourth-order valence-corrected chi connectivity index (χ4v) is 1.93. The predicted molar refractivity (Wildman–Crippen MR) is 78.1 cm³/mol. The van der Waals surface area contributed by atoms with Crippen LogP contribution in [0.1, 0.15) is 15.9 Å². The molecular formula is C14H11ClN2O4. The van der Waals surface area contributed by atoms with Gasteiger partial charge in [-0.1, -0.05) is 23.7 Å². The van der Waals surface area contributed by atoms with Crippen LogP contribution in [0.3, 0.4) is 0 Å². The van der Waals surface area contributed by atoms with Gasteiger partial charge in [-0.05, 0) is 24.3 Å². The summed E-state index contributed by atoms with van der Waals surface area (Å²) in [7, 11) is 0. The molecule has 0 atom stereocenters. The fraction of sp³-hybridized carbons (Fsp3) is 0.0714. The van der Waals surface area contributed by atoms with Gasteiger partial charge in [0, 0.05) is 16.8 Å². The number of halogens is 1. The topological polar surface area (TPSA) is 95.5 Å². The Bertz CT molecular complexity index is 703. The Kier molecular flexibility index (Phi) is 4.39. The van der Waals surface area contributed by atoms with E-state index in [-0.39, 0.29) is 23.5 Å². The summed E-state index contributed by atoms with van der Waals surface area (Å²) in [4.78, 5) is 22.2. The quantitative estimate of drug-likeness (QED) is 0.405. The van der Waals surface area contributed by atoms with Crippen LogP contribution in [0, 0.1) is 10.1 Å². The van der Waals surface area contributed by atoms with E-state index in [0.29, 0.717) is 10.6 Å². The second kappa shape index (κ2) is 6.23. The molecule has 2 N–H and O–H groups in total. The number of nitro benzene ring substituents is 1. The van der Waals surface area contributed by atoms with Gasteiger partial charge in [-0.15, -0.1) is 0 Å². The standard InChI is InChI=1S/C14H11ClN2O4/c15-10-5-6-11(12(16)7-10)14(18)21-8-9-3-1-2-4-13(9)17(19)20/h1-7H,8,16H2. The van der Waals surface area contributed by atoms with E-state index in [9.17, 15) is 14.9 Å². The van der Waals surface area contributed by atoms with E-state index in [0.717, 1.165) is 0 Å². The van der Waals surface area contributed by atoms with Crippen molar-refractivity contribution in [1.29, 1.82) is 0 Å². The number of nitrogens with two attached hydrogens (primary N) is 1. The average molecular weight is 307 g/mol. The fourth-order valence-electron chi connectivity index (χ4n) is 1.75. The van der Waals surface area contributed by atoms with Crippen LogP contribution in [0.25, 0.3) is 0 Å². The lowest BCUT2D eigenvalue weighted by Gasteiger charge is -2.07. The second-order valence-corrected chi connectivity index (χ2v) is 4.63. The van der Waals surface area contributed by atoms with Gasteiger partial charge in [-0.3, -0.25) is 10.1 Å². The number of ether oxygens (including phenoxy) is 1. The van der Waals surface area contributed by atoms with Gasteiger partial charge in [-0.2, -0.15) is 0 Å². The molecule has 2 rings (SSSR count). The van der Waals surface area contributed by atoms with Gasteiger partial charge in [0.25, 0.3) is 5.69 Å². The van der Waals surface area contributed by atoms with E-state index >= 15 is 0 Å². The van der Waals surface area contributed by atoms with Crippen molar-refractivity contribution >= 4 is 28.9 Å². The molecule has 2 aromatic rings. The van der Waals surface area contributed by atoms with Gasteiger partial charge >= 0.3 is 5.97 Å². The molecule has 0 saturated heterocycles. The first kappa shape index (κ1) is 14.8. The van der Waals surface area contributed by atoms with E-state index in [1.54, 1.807) is 12.1 Å². The second-order valence-electron chi connectivity index (χ2n) is 4.19. The number of carbonyl (C=O) groups excluding carboxylic acids is 1. The van der Waals surface area contributed by atoms with Crippen LogP contribution >= 0.6 is 11.6 Å². The summed E-state index contributed by atoms with van der Waals surface area (Å²) in [5.74, 6) is -0.665. The van der Waals surface area contributed by atoms with Crippen molar-refractivity contribution in [1.82, 2.24) is 0 Å². The zero-order chi connectivity index (χ0) is 15.4. The van der Waals surface area contributed by atoms with Crippen LogP contribution in [0.4, 0.5) is 11.4 Å². The van der Waals surface area contributed by atoms with Crippen molar-refractivity contribution < 1.29 is 14.5 Å². The van der Waals surface area contributed by atoms with Crippen LogP contribution in [-0.4, -0.2) is 10.9 Å². The maximum atomic E-state index is 11.9. The van der Waals surface area contributed by atoms with E-state index < -0.39 is 10.9 Å². The van der Waals surface area contributed by atoms with E-state index in [1.165, 1.54) is 30.3 Å². The summed E-state index contributed by atoms with van der Waals surface area (Å²) in [6.45, 7) is -0.210. The van der Waals surface area contributed by atoms with Crippen molar-refractivity contribution in [3.8, 4) is 0 Å². The predicted octanol–water partition coefficient (Wildman–Crippen LogP) is 3.19. The third-order valence-electron chi connectivity index (χ3n) is 2.78. The summed E-state index contributed by atoms with van der Waals surface area (Å²) in [6.07, 6.45) is 0. The van der Waals surface area contributed by atoms with Crippen molar-refractivity contribution in [3.05, 3.63) is 68.7 Å². The lowest BCUT2D eigenvalue weighted by atomic mass is 10.2. The van der Waals surface area contributed by atoms with Crippen molar-refractivity contribution in [3.63, 3.8) is 0 Å². The van der Waals surface area contributed by atoms with Crippen molar-refractivity contribution in [2.45, 2.75) is 6.61 Å². The summed E-state index contributed by atoms with van der Waals surface area (Å²) in [5.41, 5.74) is 6.24. The van der Waals surface area contributed by atoms with Crippen LogP contribution in [0.2, 0.25) is 5.02 Å². The molecule has 0 amide bonds. The van der Waals surface area contributed by atoms with E-state index in [4.69, 9.17) is 22.1 Å². The molecule has 0 aromatic heterocycles. The van der Waals surface area contributed by atoms with Gasteiger partial charge in [0.1, 0.15) is 6.61 Å². The largest absolute Gasteiger partial charge is 0.457 e. The highest BCUT2D eigenvalue weighted by molar-refractivity contribution is 6.31. The number of hydrogen-bond acceptors (Lipinski definition) is 5. The molecule has 6 nitrogen and oxygen atoms in total. The van der Waals surface area contributed by atoms with Gasteiger partial charge < -0.3 is 10.5 Å². The molecule has 0 bridgehead atoms. The first-order valence-corrected chi connectivity index (χ1v) is 6.31. The number of nitro groups is 1. The number of rotatable bonds is 4. The third-order valence-corrected chi connectivity index (χ3v) is 3.02. The van der Waals surface area contributed by atoms with Gasteiger partial charge in [0.2, 0.25) is 0 Å². The van der Waals surface area contributed by atoms with Crippen molar-refractivity contribution in [2.75, 3.05) is 5.73 Å². The Morgan fingerprint density at radius 1 is 1.29 bits per heavy atom. The van der Waals surface area contributed by atoms with Crippen LogP contribution in [-0.2, 0) is 11.3 Å². The number of anilines is 1. The Morgan fingerprint density at radius 3 is 2.67 bits per heavy atom. The summed E-state index contributed by atoms with van der Waals surface area (Å²) < 4.78 is 5.06. The molecule has 2 aromatic carbocycles. The molecule has 0 unspecified atom stereocenters. The highest BCUT2D eigenvalue weighted by atomic mass is 35.5. The number of para-hydroxylation sites is 1. The molecule has 0 aliphatic rings. The van der Waals surface area contributed by atoms with Gasteiger partial charge in [-0.25, -0.2) is 4.79 Å². The molecule has 0 aliphatic heterocycles. The number of hydrogen-bond donors (Lipinski definition) is 1. The van der Waals surface area contributed by atoms with E-state index in [2.05, 4.69) is 0 Å². The maximum Gasteiger partial charge on any atom is 0.340 e. The van der Waals surface area contributed by atoms with Gasteiger partial charge in [0.05, 0.1) is 16.1 Å². The Hall–Kier alpha value is -2.60. The molecule has 0 heterocycles. The first-order valence-electron chi connectivity index (χ1n) is 5.93. The lowest BCUT2D eigenvalue weighted by Crippen LogP contribution is -2.09. The molecule has 7 heteroatoms. The first-order chi connectivity index (χ1) is 9.99. The molecule has 0 saturated carbocycles.